The number of methoxy groups -OCH3 is 2. The van der Waals surface area contributed by atoms with E-state index in [1.807, 2.05) is 11.9 Å². The lowest BCUT2D eigenvalue weighted by molar-refractivity contribution is 0.181. The Labute approximate surface area is 91.4 Å². The van der Waals surface area contributed by atoms with Crippen molar-refractivity contribution >= 4 is 5.96 Å². The highest BCUT2D eigenvalue weighted by Gasteiger charge is 2.02. The van der Waals surface area contributed by atoms with Crippen molar-refractivity contribution in [3.05, 3.63) is 0 Å². The van der Waals surface area contributed by atoms with Crippen LogP contribution >= 0.6 is 0 Å². The molecule has 0 radical (unpaired) electrons. The Morgan fingerprint density at radius 1 is 1.33 bits per heavy atom. The zero-order chi connectivity index (χ0) is 11.5. The Balaban J connectivity index is 3.86. The Bertz CT molecular complexity index is 175. The smallest absolute Gasteiger partial charge is 0.208 e. The van der Waals surface area contributed by atoms with E-state index in [0.29, 0.717) is 25.7 Å². The number of nitrogens with two attached hydrogens (primary N) is 1. The minimum atomic E-state index is 0.648. The fourth-order valence-corrected chi connectivity index (χ4v) is 1.00. The molecule has 0 unspecified atom stereocenters. The van der Waals surface area contributed by atoms with Crippen LogP contribution in [0.1, 0.15) is 6.42 Å². The summed E-state index contributed by atoms with van der Waals surface area (Å²) in [5.41, 5.74) is 2.57. The molecule has 0 saturated heterocycles. The number of nitrogens with zero attached hydrogens (tertiary/aromatic N) is 2. The van der Waals surface area contributed by atoms with E-state index in [1.54, 1.807) is 14.2 Å². The van der Waals surface area contributed by atoms with Crippen LogP contribution in [0.25, 0.3) is 0 Å². The fraction of sp³-hybridized carbons (Fsp3) is 0.889. The molecular weight excluding hydrogens is 196 g/mol. The molecule has 15 heavy (non-hydrogen) atoms. The molecule has 0 aliphatic carbocycles. The SMILES string of the molecule is COCCCN=C(NN)N(C)CCOC. The van der Waals surface area contributed by atoms with Crippen LogP contribution in [-0.4, -0.2) is 58.4 Å². The lowest BCUT2D eigenvalue weighted by atomic mass is 10.4. The molecule has 0 fully saturated rings. The van der Waals surface area contributed by atoms with Gasteiger partial charge in [-0.05, 0) is 6.42 Å². The number of likely N-dealkylation sites (N-methyl/N-ethyl adjacent to an activating group) is 1. The van der Waals surface area contributed by atoms with Crippen molar-refractivity contribution < 1.29 is 9.47 Å². The van der Waals surface area contributed by atoms with Gasteiger partial charge in [0.15, 0.2) is 0 Å². The molecule has 0 rings (SSSR count). The minimum absolute atomic E-state index is 0.648. The first-order valence-corrected chi connectivity index (χ1v) is 4.96. The molecule has 0 heterocycles. The second-order valence-electron chi connectivity index (χ2n) is 3.11. The zero-order valence-corrected chi connectivity index (χ0v) is 9.82. The van der Waals surface area contributed by atoms with Gasteiger partial charge in [-0.1, -0.05) is 0 Å². The summed E-state index contributed by atoms with van der Waals surface area (Å²) in [4.78, 5) is 6.22. The van der Waals surface area contributed by atoms with Crippen LogP contribution in [-0.2, 0) is 9.47 Å². The molecule has 6 nitrogen and oxygen atoms in total. The zero-order valence-electron chi connectivity index (χ0n) is 9.82. The molecule has 0 spiro atoms. The summed E-state index contributed by atoms with van der Waals surface area (Å²) in [5.74, 6) is 6.04. The summed E-state index contributed by atoms with van der Waals surface area (Å²) in [5, 5.41) is 0. The van der Waals surface area contributed by atoms with Crippen LogP contribution in [0.3, 0.4) is 0 Å². The maximum atomic E-state index is 5.37. The highest BCUT2D eigenvalue weighted by molar-refractivity contribution is 5.79. The van der Waals surface area contributed by atoms with Gasteiger partial charge in [-0.15, -0.1) is 0 Å². The number of ether oxygens (including phenoxy) is 2. The second-order valence-corrected chi connectivity index (χ2v) is 3.11. The lowest BCUT2D eigenvalue weighted by Crippen LogP contribution is -2.44. The monoisotopic (exact) mass is 218 g/mol. The van der Waals surface area contributed by atoms with Gasteiger partial charge in [0.05, 0.1) is 6.61 Å². The lowest BCUT2D eigenvalue weighted by Gasteiger charge is -2.19. The van der Waals surface area contributed by atoms with Gasteiger partial charge in [0, 0.05) is 41.0 Å². The summed E-state index contributed by atoms with van der Waals surface area (Å²) < 4.78 is 9.89. The van der Waals surface area contributed by atoms with E-state index in [0.717, 1.165) is 13.0 Å². The van der Waals surface area contributed by atoms with Gasteiger partial charge in [-0.2, -0.15) is 0 Å². The quantitative estimate of drug-likeness (QED) is 0.197. The van der Waals surface area contributed by atoms with Crippen molar-refractivity contribution in [2.45, 2.75) is 6.42 Å². The predicted octanol–water partition coefficient (Wildman–Crippen LogP) is -0.580. The average molecular weight is 218 g/mol. The van der Waals surface area contributed by atoms with Crippen molar-refractivity contribution in [2.24, 2.45) is 10.8 Å². The Kier molecular flexibility index (Phi) is 9.15. The standard InChI is InChI=1S/C9H22N4O2/c1-13(6-8-15-3)9(12-10)11-5-4-7-14-2/h4-8,10H2,1-3H3,(H,11,12). The van der Waals surface area contributed by atoms with Gasteiger partial charge in [0.2, 0.25) is 5.96 Å². The number of hydrazine groups is 1. The fourth-order valence-electron chi connectivity index (χ4n) is 1.00. The van der Waals surface area contributed by atoms with Crippen molar-refractivity contribution in [3.63, 3.8) is 0 Å². The third-order valence-electron chi connectivity index (χ3n) is 1.89. The molecule has 0 aromatic carbocycles. The van der Waals surface area contributed by atoms with E-state index >= 15 is 0 Å². The molecule has 0 saturated carbocycles. The normalized spacial score (nSPS) is 11.6. The molecule has 0 aromatic heterocycles. The summed E-state index contributed by atoms with van der Waals surface area (Å²) in [6.45, 7) is 2.81. The summed E-state index contributed by atoms with van der Waals surface area (Å²) >= 11 is 0. The molecule has 0 amide bonds. The van der Waals surface area contributed by atoms with Crippen LogP contribution in [0.15, 0.2) is 4.99 Å². The number of aliphatic imine (C=N–C) groups is 1. The third kappa shape index (κ3) is 7.12. The van der Waals surface area contributed by atoms with Crippen LogP contribution in [0, 0.1) is 0 Å². The van der Waals surface area contributed by atoms with Gasteiger partial charge >= 0.3 is 0 Å². The van der Waals surface area contributed by atoms with Crippen molar-refractivity contribution in [1.82, 2.24) is 10.3 Å². The first kappa shape index (κ1) is 14.2. The molecule has 90 valence electrons. The maximum Gasteiger partial charge on any atom is 0.208 e. The van der Waals surface area contributed by atoms with Crippen molar-refractivity contribution in [2.75, 3.05) is 47.6 Å². The van der Waals surface area contributed by atoms with E-state index in [9.17, 15) is 0 Å². The van der Waals surface area contributed by atoms with E-state index in [2.05, 4.69) is 10.4 Å². The molecule has 0 bridgehead atoms. The van der Waals surface area contributed by atoms with E-state index in [4.69, 9.17) is 15.3 Å². The maximum absolute atomic E-state index is 5.37. The topological polar surface area (TPSA) is 72.1 Å². The summed E-state index contributed by atoms with van der Waals surface area (Å²) in [6.07, 6.45) is 0.889. The van der Waals surface area contributed by atoms with Gasteiger partial charge in [0.1, 0.15) is 0 Å². The molecule has 0 aromatic rings. The average Bonchev–Trinajstić information content (AvgIpc) is 2.26. The predicted molar refractivity (Wildman–Crippen MR) is 60.6 cm³/mol. The highest BCUT2D eigenvalue weighted by Crippen LogP contribution is 1.88. The molecule has 0 aliphatic rings. The second kappa shape index (κ2) is 9.70. The minimum Gasteiger partial charge on any atom is -0.385 e. The first-order chi connectivity index (χ1) is 7.26. The first-order valence-electron chi connectivity index (χ1n) is 4.96. The van der Waals surface area contributed by atoms with E-state index < -0.39 is 0 Å². The molecule has 6 heteroatoms. The summed E-state index contributed by atoms with van der Waals surface area (Å²) in [7, 11) is 5.25. The van der Waals surface area contributed by atoms with Gasteiger partial charge < -0.3 is 14.4 Å². The van der Waals surface area contributed by atoms with Gasteiger partial charge in [-0.25, -0.2) is 5.84 Å². The number of hydrogen-bond donors (Lipinski definition) is 2. The number of rotatable bonds is 7. The Hall–Kier alpha value is -0.850. The third-order valence-corrected chi connectivity index (χ3v) is 1.89. The van der Waals surface area contributed by atoms with Crippen LogP contribution < -0.4 is 11.3 Å². The van der Waals surface area contributed by atoms with Crippen molar-refractivity contribution in [3.8, 4) is 0 Å². The van der Waals surface area contributed by atoms with Gasteiger partial charge in [0.25, 0.3) is 0 Å². The van der Waals surface area contributed by atoms with Crippen LogP contribution in [0.4, 0.5) is 0 Å². The molecule has 0 aliphatic heterocycles. The van der Waals surface area contributed by atoms with E-state index in [1.165, 1.54) is 0 Å². The molecular formula is C9H22N4O2. The van der Waals surface area contributed by atoms with Gasteiger partial charge in [-0.3, -0.25) is 10.4 Å². The van der Waals surface area contributed by atoms with Crippen molar-refractivity contribution in [1.29, 1.82) is 0 Å². The number of guanidine groups is 1. The highest BCUT2D eigenvalue weighted by atomic mass is 16.5. The summed E-state index contributed by atoms with van der Waals surface area (Å²) in [6, 6.07) is 0. The molecule has 0 atom stereocenters. The Morgan fingerprint density at radius 3 is 2.53 bits per heavy atom. The largest absolute Gasteiger partial charge is 0.385 e. The molecule has 3 N–H and O–H groups in total. The number of nitrogens with one attached hydrogen (secondary N) is 1. The Morgan fingerprint density at radius 2 is 2.00 bits per heavy atom. The van der Waals surface area contributed by atoms with Crippen LogP contribution in [0.5, 0.6) is 0 Å². The van der Waals surface area contributed by atoms with E-state index in [-0.39, 0.29) is 0 Å². The van der Waals surface area contributed by atoms with Crippen LogP contribution in [0.2, 0.25) is 0 Å². The number of hydrogen-bond acceptors (Lipinski definition) is 4.